The third-order valence-corrected chi connectivity index (χ3v) is 4.39. The zero-order valence-electron chi connectivity index (χ0n) is 12.6. The number of amides is 1. The average Bonchev–Trinajstić information content (AvgIpc) is 2.56. The van der Waals surface area contributed by atoms with Crippen molar-refractivity contribution in [3.05, 3.63) is 75.4 Å². The van der Waals surface area contributed by atoms with Crippen molar-refractivity contribution in [1.29, 1.82) is 0 Å². The topological polar surface area (TPSA) is 66.4 Å². The van der Waals surface area contributed by atoms with Crippen LogP contribution in [-0.2, 0) is 11.2 Å². The molecule has 0 aliphatic heterocycles. The maximum Gasteiger partial charge on any atom is 0.337 e. The van der Waals surface area contributed by atoms with Gasteiger partial charge < -0.3 is 10.4 Å². The predicted molar refractivity (Wildman–Crippen MR) is 102 cm³/mol. The van der Waals surface area contributed by atoms with E-state index in [9.17, 15) is 14.7 Å². The van der Waals surface area contributed by atoms with E-state index in [0.29, 0.717) is 5.69 Å². The van der Waals surface area contributed by atoms with Crippen LogP contribution in [0.3, 0.4) is 0 Å². The number of rotatable bonds is 4. The second-order valence-corrected chi connectivity index (χ2v) is 6.60. The van der Waals surface area contributed by atoms with Crippen molar-refractivity contribution in [2.24, 2.45) is 0 Å². The van der Waals surface area contributed by atoms with Crippen LogP contribution >= 0.6 is 22.6 Å². The fourth-order valence-corrected chi connectivity index (χ4v) is 3.11. The molecular weight excluding hydrogens is 417 g/mol. The number of aromatic carboxylic acids is 1. The smallest absolute Gasteiger partial charge is 0.337 e. The molecule has 2 N–H and O–H groups in total. The van der Waals surface area contributed by atoms with Gasteiger partial charge in [-0.15, -0.1) is 0 Å². The van der Waals surface area contributed by atoms with Crippen LogP contribution in [-0.4, -0.2) is 17.0 Å². The first kappa shape index (κ1) is 16.4. The van der Waals surface area contributed by atoms with Gasteiger partial charge in [0.05, 0.1) is 17.7 Å². The molecule has 0 aliphatic rings. The van der Waals surface area contributed by atoms with Gasteiger partial charge in [0.25, 0.3) is 0 Å². The van der Waals surface area contributed by atoms with Gasteiger partial charge in [0.1, 0.15) is 0 Å². The Bertz CT molecular complexity index is 932. The van der Waals surface area contributed by atoms with E-state index in [0.717, 1.165) is 19.9 Å². The van der Waals surface area contributed by atoms with Gasteiger partial charge >= 0.3 is 5.97 Å². The number of carbonyl (C=O) groups is 2. The van der Waals surface area contributed by atoms with Crippen LogP contribution in [0.1, 0.15) is 15.9 Å². The number of nitrogens with one attached hydrogen (secondary N) is 1. The highest BCUT2D eigenvalue weighted by Crippen LogP contribution is 2.21. The first-order chi connectivity index (χ1) is 11.5. The number of carboxylic acid groups (broad SMARTS) is 1. The Hall–Kier alpha value is -2.41. The normalized spacial score (nSPS) is 10.5. The minimum atomic E-state index is -1.06. The van der Waals surface area contributed by atoms with Crippen LogP contribution in [0.4, 0.5) is 5.69 Å². The van der Waals surface area contributed by atoms with Crippen LogP contribution in [0.2, 0.25) is 0 Å². The van der Waals surface area contributed by atoms with Gasteiger partial charge in [-0.25, -0.2) is 4.79 Å². The number of carboxylic acids is 1. The summed E-state index contributed by atoms with van der Waals surface area (Å²) in [6.45, 7) is 0. The highest BCUT2D eigenvalue weighted by atomic mass is 127. The van der Waals surface area contributed by atoms with E-state index in [4.69, 9.17) is 0 Å². The Morgan fingerprint density at radius 2 is 1.75 bits per heavy atom. The Kier molecular flexibility index (Phi) is 4.80. The molecule has 0 spiro atoms. The summed E-state index contributed by atoms with van der Waals surface area (Å²) in [4.78, 5) is 23.7. The molecule has 3 aromatic rings. The summed E-state index contributed by atoms with van der Waals surface area (Å²) >= 11 is 2.04. The van der Waals surface area contributed by atoms with Crippen molar-refractivity contribution in [3.63, 3.8) is 0 Å². The maximum atomic E-state index is 12.4. The number of hydrogen-bond acceptors (Lipinski definition) is 2. The van der Waals surface area contributed by atoms with Crippen LogP contribution in [0.5, 0.6) is 0 Å². The van der Waals surface area contributed by atoms with Crippen molar-refractivity contribution in [2.75, 3.05) is 5.32 Å². The van der Waals surface area contributed by atoms with E-state index in [1.54, 1.807) is 12.1 Å². The average molecular weight is 431 g/mol. The van der Waals surface area contributed by atoms with E-state index in [2.05, 4.69) is 5.32 Å². The molecule has 5 heteroatoms. The van der Waals surface area contributed by atoms with Gasteiger partial charge in [0.2, 0.25) is 5.91 Å². The maximum absolute atomic E-state index is 12.4. The van der Waals surface area contributed by atoms with Crippen LogP contribution in [0, 0.1) is 3.57 Å². The van der Waals surface area contributed by atoms with Gasteiger partial charge in [0.15, 0.2) is 0 Å². The second-order valence-electron chi connectivity index (χ2n) is 5.36. The summed E-state index contributed by atoms with van der Waals surface area (Å²) in [6.07, 6.45) is 0.187. The standard InChI is InChI=1S/C19H14INO3/c20-14-8-9-17(16(11-14)19(23)24)21-18(22)10-13-6-3-5-12-4-1-2-7-15(12)13/h1-9,11H,10H2,(H,21,22)(H,23,24). The lowest BCUT2D eigenvalue weighted by Crippen LogP contribution is -2.17. The van der Waals surface area contributed by atoms with Gasteiger partial charge in [-0.1, -0.05) is 42.5 Å². The van der Waals surface area contributed by atoms with Gasteiger partial charge in [-0.05, 0) is 57.1 Å². The monoisotopic (exact) mass is 431 g/mol. The molecule has 24 heavy (non-hydrogen) atoms. The van der Waals surface area contributed by atoms with Crippen molar-refractivity contribution < 1.29 is 14.7 Å². The van der Waals surface area contributed by atoms with E-state index in [-0.39, 0.29) is 17.9 Å². The SMILES string of the molecule is O=C(Cc1cccc2ccccc12)Nc1ccc(I)cc1C(=O)O. The Labute approximate surface area is 152 Å². The molecule has 3 aromatic carbocycles. The molecule has 0 atom stereocenters. The molecule has 0 radical (unpaired) electrons. The fourth-order valence-electron chi connectivity index (χ4n) is 2.62. The summed E-state index contributed by atoms with van der Waals surface area (Å²) in [6, 6.07) is 18.6. The zero-order chi connectivity index (χ0) is 17.1. The van der Waals surface area contributed by atoms with Gasteiger partial charge in [0, 0.05) is 3.57 Å². The minimum Gasteiger partial charge on any atom is -0.478 e. The lowest BCUT2D eigenvalue weighted by Gasteiger charge is -2.10. The van der Waals surface area contributed by atoms with Crippen molar-refractivity contribution >= 4 is 50.9 Å². The lowest BCUT2D eigenvalue weighted by molar-refractivity contribution is -0.115. The first-order valence-corrected chi connectivity index (χ1v) is 8.42. The first-order valence-electron chi connectivity index (χ1n) is 7.34. The molecule has 0 saturated heterocycles. The fraction of sp³-hybridized carbons (Fsp3) is 0.0526. The van der Waals surface area contributed by atoms with Crippen molar-refractivity contribution in [2.45, 2.75) is 6.42 Å². The Morgan fingerprint density at radius 3 is 2.54 bits per heavy atom. The highest BCUT2D eigenvalue weighted by molar-refractivity contribution is 14.1. The Balaban J connectivity index is 1.85. The van der Waals surface area contributed by atoms with E-state index in [1.807, 2.05) is 65.1 Å². The lowest BCUT2D eigenvalue weighted by atomic mass is 10.0. The summed E-state index contributed by atoms with van der Waals surface area (Å²) in [5, 5.41) is 14.1. The molecule has 0 bridgehead atoms. The van der Waals surface area contributed by atoms with Gasteiger partial charge in [-0.3, -0.25) is 4.79 Å². The Morgan fingerprint density at radius 1 is 1.00 bits per heavy atom. The number of fused-ring (bicyclic) bond motifs is 1. The van der Waals surface area contributed by atoms with Crippen LogP contribution in [0.25, 0.3) is 10.8 Å². The summed E-state index contributed by atoms with van der Waals surface area (Å²) in [5.41, 5.74) is 1.31. The van der Waals surface area contributed by atoms with E-state index >= 15 is 0 Å². The zero-order valence-corrected chi connectivity index (χ0v) is 14.8. The molecule has 0 fully saturated rings. The quantitative estimate of drug-likeness (QED) is 0.605. The van der Waals surface area contributed by atoms with Crippen LogP contribution < -0.4 is 5.32 Å². The van der Waals surface area contributed by atoms with Crippen LogP contribution in [0.15, 0.2) is 60.7 Å². The molecular formula is C19H14INO3. The number of benzene rings is 3. The number of halogens is 1. The van der Waals surface area contributed by atoms with Crippen molar-refractivity contribution in [1.82, 2.24) is 0 Å². The second kappa shape index (κ2) is 7.00. The summed E-state index contributed by atoms with van der Waals surface area (Å²) < 4.78 is 0.803. The molecule has 3 rings (SSSR count). The predicted octanol–water partition coefficient (Wildman–Crippen LogP) is 4.32. The molecule has 120 valence electrons. The third kappa shape index (κ3) is 3.56. The molecule has 0 aliphatic carbocycles. The summed E-state index contributed by atoms with van der Waals surface area (Å²) in [7, 11) is 0. The molecule has 0 heterocycles. The van der Waals surface area contributed by atoms with E-state index < -0.39 is 5.97 Å². The third-order valence-electron chi connectivity index (χ3n) is 3.72. The summed E-state index contributed by atoms with van der Waals surface area (Å²) in [5.74, 6) is -1.30. The number of hydrogen-bond donors (Lipinski definition) is 2. The molecule has 1 amide bonds. The molecule has 0 unspecified atom stereocenters. The molecule has 0 saturated carbocycles. The highest BCUT2D eigenvalue weighted by Gasteiger charge is 2.14. The van der Waals surface area contributed by atoms with E-state index in [1.165, 1.54) is 6.07 Å². The largest absolute Gasteiger partial charge is 0.478 e. The number of anilines is 1. The van der Waals surface area contributed by atoms with Crippen molar-refractivity contribution in [3.8, 4) is 0 Å². The minimum absolute atomic E-state index is 0.0909. The molecule has 0 aromatic heterocycles. The number of carbonyl (C=O) groups excluding carboxylic acids is 1. The van der Waals surface area contributed by atoms with Gasteiger partial charge in [-0.2, -0.15) is 0 Å². The molecule has 4 nitrogen and oxygen atoms in total.